The number of rotatable bonds is 4. The lowest BCUT2D eigenvalue weighted by Gasteiger charge is -2.26. The average Bonchev–Trinajstić information content (AvgIpc) is 3.06. The molecule has 4 rings (SSSR count). The topological polar surface area (TPSA) is 124 Å². The third-order valence-corrected chi connectivity index (χ3v) is 4.69. The lowest BCUT2D eigenvalue weighted by atomic mass is 9.84. The van der Waals surface area contributed by atoms with Crippen molar-refractivity contribution >= 4 is 31.2 Å². The van der Waals surface area contributed by atoms with Gasteiger partial charge in [-0.05, 0) is 24.6 Å². The molecule has 0 unspecified atom stereocenters. The van der Waals surface area contributed by atoms with Crippen LogP contribution in [0.4, 0.5) is 15.1 Å². The predicted octanol–water partition coefficient (Wildman–Crippen LogP) is -0.0263. The van der Waals surface area contributed by atoms with Crippen LogP contribution >= 0.6 is 0 Å². The largest absolute Gasteiger partial charge is 0.447 e. The number of anilines is 1. The Labute approximate surface area is 167 Å². The summed E-state index contributed by atoms with van der Waals surface area (Å²) in [6, 6.07) is 3.52. The van der Waals surface area contributed by atoms with Gasteiger partial charge in [-0.15, -0.1) is 0 Å². The molecule has 1 aromatic heterocycles. The number of nitrogens with one attached hydrogen (secondary N) is 2. The lowest BCUT2D eigenvalue weighted by molar-refractivity contribution is 0.0668. The Balaban J connectivity index is 1.61. The first-order chi connectivity index (χ1) is 13.9. The van der Waals surface area contributed by atoms with Crippen LogP contribution in [0.2, 0.25) is 0 Å². The Morgan fingerprint density at radius 1 is 1.45 bits per heavy atom. The number of halogens is 1. The monoisotopic (exact) mass is 396 g/mol. The molecule has 11 heteroatoms. The van der Waals surface area contributed by atoms with Crippen molar-refractivity contribution in [2.24, 2.45) is 4.99 Å². The van der Waals surface area contributed by atoms with Gasteiger partial charge in [0.25, 0.3) is 0 Å². The number of hydrogen-bond donors (Lipinski definition) is 3. The maximum Gasteiger partial charge on any atom is 0.407 e. The van der Waals surface area contributed by atoms with E-state index in [1.54, 1.807) is 13.0 Å². The number of amidine groups is 1. The number of hydroxylamine groups is 1. The number of aliphatic imine (C=N–C) groups is 1. The molecule has 1 amide bonds. The van der Waals surface area contributed by atoms with E-state index in [-0.39, 0.29) is 25.2 Å². The number of aryl methyl sites for hydroxylation is 1. The molecule has 2 radical (unpaired) electrons. The molecule has 9 nitrogen and oxygen atoms in total. The summed E-state index contributed by atoms with van der Waals surface area (Å²) >= 11 is 0. The fourth-order valence-corrected chi connectivity index (χ4v) is 3.39. The summed E-state index contributed by atoms with van der Waals surface area (Å²) in [5.74, 6) is 0.138. The van der Waals surface area contributed by atoms with Crippen molar-refractivity contribution in [2.45, 2.75) is 25.4 Å². The number of cyclic esters (lactones) is 1. The molecule has 1 aromatic carbocycles. The number of aromatic nitrogens is 2. The molecule has 0 spiro atoms. The van der Waals surface area contributed by atoms with Gasteiger partial charge in [-0.1, -0.05) is 11.5 Å². The number of nitrogens with zero attached hydrogens (tertiary/aromatic N) is 3. The number of carbonyl (C=O) groups is 1. The highest BCUT2D eigenvalue weighted by Gasteiger charge is 2.28. The quantitative estimate of drug-likeness (QED) is 0.490. The first-order valence-electron chi connectivity index (χ1n) is 8.98. The fraction of sp³-hybridized carbons (Fsp3) is 0.333. The Morgan fingerprint density at radius 3 is 3.00 bits per heavy atom. The van der Waals surface area contributed by atoms with Crippen molar-refractivity contribution in [3.8, 4) is 0 Å². The van der Waals surface area contributed by atoms with E-state index in [1.165, 1.54) is 12.1 Å². The van der Waals surface area contributed by atoms with Gasteiger partial charge in [-0.2, -0.15) is 0 Å². The molecule has 2 atom stereocenters. The second kappa shape index (κ2) is 7.67. The van der Waals surface area contributed by atoms with Gasteiger partial charge in [0.1, 0.15) is 20.3 Å². The molecule has 0 bridgehead atoms. The number of nitrogens with two attached hydrogens (primary N) is 1. The van der Waals surface area contributed by atoms with Gasteiger partial charge in [0.05, 0.1) is 35.6 Å². The summed E-state index contributed by atoms with van der Waals surface area (Å²) in [6.45, 7) is 2.18. The smallest absolute Gasteiger partial charge is 0.407 e. The summed E-state index contributed by atoms with van der Waals surface area (Å²) in [6.07, 6.45) is -0.0540. The molecular formula is C18H18BFN6O3. The number of nitrogen functional groups attached to an aromatic ring is 1. The Kier molecular flexibility index (Phi) is 5.06. The molecular weight excluding hydrogens is 378 g/mol. The zero-order chi connectivity index (χ0) is 20.5. The van der Waals surface area contributed by atoms with E-state index in [0.717, 1.165) is 0 Å². The fourth-order valence-electron chi connectivity index (χ4n) is 3.39. The first-order valence-corrected chi connectivity index (χ1v) is 8.98. The molecule has 29 heavy (non-hydrogen) atoms. The minimum absolute atomic E-state index is 0.153. The highest BCUT2D eigenvalue weighted by atomic mass is 19.1. The van der Waals surface area contributed by atoms with Gasteiger partial charge in [-0.3, -0.25) is 9.83 Å². The second-order valence-corrected chi connectivity index (χ2v) is 6.81. The zero-order valence-electron chi connectivity index (χ0n) is 15.6. The molecule has 148 valence electrons. The van der Waals surface area contributed by atoms with Gasteiger partial charge in [0, 0.05) is 6.42 Å². The minimum Gasteiger partial charge on any atom is -0.447 e. The Bertz CT molecular complexity index is 1000. The van der Waals surface area contributed by atoms with E-state index in [4.69, 9.17) is 28.1 Å². The van der Waals surface area contributed by atoms with Crippen molar-refractivity contribution in [1.82, 2.24) is 20.8 Å². The molecule has 0 saturated carbocycles. The Morgan fingerprint density at radius 2 is 2.28 bits per heavy atom. The third kappa shape index (κ3) is 3.99. The summed E-state index contributed by atoms with van der Waals surface area (Å²) < 4.78 is 18.3. The van der Waals surface area contributed by atoms with E-state index < -0.39 is 18.0 Å². The van der Waals surface area contributed by atoms with E-state index in [9.17, 15) is 9.18 Å². The van der Waals surface area contributed by atoms with Crippen LogP contribution in [0.1, 0.15) is 28.6 Å². The van der Waals surface area contributed by atoms with Crippen molar-refractivity contribution in [3.63, 3.8) is 0 Å². The van der Waals surface area contributed by atoms with E-state index in [1.807, 2.05) is 0 Å². The number of hydrogen-bond acceptors (Lipinski definition) is 8. The van der Waals surface area contributed by atoms with Crippen molar-refractivity contribution in [3.05, 3.63) is 46.5 Å². The van der Waals surface area contributed by atoms with Gasteiger partial charge in [-0.25, -0.2) is 24.6 Å². The van der Waals surface area contributed by atoms with E-state index in [0.29, 0.717) is 40.2 Å². The molecule has 1 fully saturated rings. The SMILES string of the molecule is [B]c1cc(F)ccc1[C@H]1Cc2nc(N)nc(C)c2C(NOC[C@H]2COC(=O)N2)=N1. The molecule has 1 saturated heterocycles. The van der Waals surface area contributed by atoms with Crippen LogP contribution in [-0.2, 0) is 16.0 Å². The average molecular weight is 396 g/mol. The van der Waals surface area contributed by atoms with Crippen LogP contribution in [0.15, 0.2) is 23.2 Å². The van der Waals surface area contributed by atoms with Crippen LogP contribution in [0.25, 0.3) is 0 Å². The predicted molar refractivity (Wildman–Crippen MR) is 103 cm³/mol. The molecule has 3 heterocycles. The van der Waals surface area contributed by atoms with Crippen LogP contribution in [0, 0.1) is 12.7 Å². The Hall–Kier alpha value is -3.21. The summed E-state index contributed by atoms with van der Waals surface area (Å²) in [5.41, 5.74) is 11.6. The van der Waals surface area contributed by atoms with Crippen molar-refractivity contribution in [1.29, 1.82) is 0 Å². The van der Waals surface area contributed by atoms with Crippen LogP contribution in [-0.4, -0.2) is 49.0 Å². The normalized spacial score (nSPS) is 20.5. The van der Waals surface area contributed by atoms with Gasteiger partial charge >= 0.3 is 6.09 Å². The zero-order valence-corrected chi connectivity index (χ0v) is 15.6. The number of carbonyl (C=O) groups excluding carboxylic acids is 1. The first kappa shape index (κ1) is 19.1. The molecule has 0 aliphatic carbocycles. The highest BCUT2D eigenvalue weighted by molar-refractivity contribution is 6.33. The van der Waals surface area contributed by atoms with Crippen LogP contribution in [0.3, 0.4) is 0 Å². The molecule has 4 N–H and O–H groups in total. The molecule has 2 aromatic rings. The number of benzene rings is 1. The number of fused-ring (bicyclic) bond motifs is 1. The second-order valence-electron chi connectivity index (χ2n) is 6.81. The van der Waals surface area contributed by atoms with Crippen LogP contribution in [0.5, 0.6) is 0 Å². The van der Waals surface area contributed by atoms with E-state index in [2.05, 4.69) is 20.8 Å². The van der Waals surface area contributed by atoms with Crippen molar-refractivity contribution < 1.29 is 18.8 Å². The number of ether oxygens (including phenoxy) is 1. The van der Waals surface area contributed by atoms with Gasteiger partial charge < -0.3 is 15.8 Å². The molecule has 2 aliphatic heterocycles. The summed E-state index contributed by atoms with van der Waals surface area (Å²) in [5, 5.41) is 2.62. The summed E-state index contributed by atoms with van der Waals surface area (Å²) in [7, 11) is 6.00. The lowest BCUT2D eigenvalue weighted by Crippen LogP contribution is -2.37. The number of alkyl carbamates (subject to hydrolysis) is 1. The minimum atomic E-state index is -0.481. The standard InChI is InChI=1S/C18H18BFN6O3/c1-8-15-14(25-17(21)22-8)5-13(11-3-2-9(20)4-12(11)19)24-16(15)26-29-7-10-6-28-18(27)23-10/h2-4,10,13H,5-7H2,1H3,(H,23,27)(H,24,26)(H2,21,22,25)/t10-,13-/m1/s1. The van der Waals surface area contributed by atoms with E-state index >= 15 is 0 Å². The number of amides is 1. The van der Waals surface area contributed by atoms with Gasteiger partial charge in [0.2, 0.25) is 5.95 Å². The van der Waals surface area contributed by atoms with Gasteiger partial charge in [0.15, 0.2) is 5.84 Å². The van der Waals surface area contributed by atoms with Crippen molar-refractivity contribution in [2.75, 3.05) is 18.9 Å². The third-order valence-electron chi connectivity index (χ3n) is 4.69. The van der Waals surface area contributed by atoms with Crippen LogP contribution < -0.4 is 22.0 Å². The maximum atomic E-state index is 13.5. The highest BCUT2D eigenvalue weighted by Crippen LogP contribution is 2.29. The summed E-state index contributed by atoms with van der Waals surface area (Å²) in [4.78, 5) is 29.9. The maximum absolute atomic E-state index is 13.5. The molecule has 2 aliphatic rings.